The molecule has 7 nitrogen and oxygen atoms in total. The first kappa shape index (κ1) is 18.5. The fraction of sp³-hybridized carbons (Fsp3) is 0.391. The van der Waals surface area contributed by atoms with Crippen molar-refractivity contribution in [3.63, 3.8) is 0 Å². The topological polar surface area (TPSA) is 108 Å². The number of carboxylic acids is 1. The van der Waals surface area contributed by atoms with Gasteiger partial charge in [0.15, 0.2) is 5.82 Å². The standard InChI is InChI=1S/C23H22FN5O2/c24-13-7-16-17(10-27-20(16)26-9-13)22-28-18(14-5-6-25-21(14)29-22)8-15-11-1-3-12(4-2-11)19(15)23(30)31/h5-7,9-12,15,19H,1-4,8H2,(H,26,27)(H,30,31)(H,25,28,29). The maximum absolute atomic E-state index is 13.8. The van der Waals surface area contributed by atoms with Gasteiger partial charge in [-0.25, -0.2) is 19.3 Å². The van der Waals surface area contributed by atoms with Crippen LogP contribution in [0.4, 0.5) is 4.39 Å². The Labute approximate surface area is 177 Å². The largest absolute Gasteiger partial charge is 0.481 e. The van der Waals surface area contributed by atoms with E-state index in [9.17, 15) is 14.3 Å². The summed E-state index contributed by atoms with van der Waals surface area (Å²) in [5.74, 6) is -0.173. The lowest BCUT2D eigenvalue weighted by atomic mass is 9.57. The van der Waals surface area contributed by atoms with Crippen molar-refractivity contribution in [1.82, 2.24) is 24.9 Å². The van der Waals surface area contributed by atoms with Gasteiger partial charge in [0.05, 0.1) is 17.8 Å². The van der Waals surface area contributed by atoms with Crippen molar-refractivity contribution in [2.45, 2.75) is 32.1 Å². The average molecular weight is 419 g/mol. The number of pyridine rings is 1. The molecule has 8 heteroatoms. The maximum atomic E-state index is 13.8. The van der Waals surface area contributed by atoms with Gasteiger partial charge in [-0.15, -0.1) is 0 Å². The van der Waals surface area contributed by atoms with E-state index < -0.39 is 11.8 Å². The lowest BCUT2D eigenvalue weighted by Crippen LogP contribution is -2.45. The SMILES string of the molecule is O=C(O)C1C2CCC(CC2)C1Cc1nc(-c2c[nH]c3ncc(F)cc23)nc2[nH]ccc12. The highest BCUT2D eigenvalue weighted by atomic mass is 19.1. The maximum Gasteiger partial charge on any atom is 0.307 e. The van der Waals surface area contributed by atoms with E-state index in [1.807, 2.05) is 12.3 Å². The van der Waals surface area contributed by atoms with Gasteiger partial charge in [-0.3, -0.25) is 4.79 Å². The van der Waals surface area contributed by atoms with Crippen LogP contribution in [-0.2, 0) is 11.2 Å². The minimum absolute atomic E-state index is 0.0768. The van der Waals surface area contributed by atoms with Gasteiger partial charge in [0.1, 0.15) is 17.1 Å². The number of halogens is 1. The van der Waals surface area contributed by atoms with E-state index in [2.05, 4.69) is 19.9 Å². The number of carboxylic acid groups (broad SMARTS) is 1. The molecule has 3 aliphatic carbocycles. The summed E-state index contributed by atoms with van der Waals surface area (Å²) in [5.41, 5.74) is 2.80. The molecular formula is C23H22FN5O2. The zero-order valence-electron chi connectivity index (χ0n) is 16.8. The molecule has 0 amide bonds. The predicted octanol–water partition coefficient (Wildman–Crippen LogP) is 4.32. The number of nitrogens with zero attached hydrogens (tertiary/aromatic N) is 3. The smallest absolute Gasteiger partial charge is 0.307 e. The first-order valence-corrected chi connectivity index (χ1v) is 10.8. The highest BCUT2D eigenvalue weighted by Crippen LogP contribution is 2.50. The molecular weight excluding hydrogens is 397 g/mol. The zero-order valence-corrected chi connectivity index (χ0v) is 16.8. The molecule has 7 rings (SSSR count). The molecule has 3 fully saturated rings. The van der Waals surface area contributed by atoms with Gasteiger partial charge in [-0.05, 0) is 62.0 Å². The normalized spacial score (nSPS) is 25.5. The van der Waals surface area contributed by atoms with E-state index in [1.165, 1.54) is 12.3 Å². The molecule has 2 atom stereocenters. The summed E-state index contributed by atoms with van der Waals surface area (Å²) in [6.45, 7) is 0. The van der Waals surface area contributed by atoms with Crippen molar-refractivity contribution in [1.29, 1.82) is 0 Å². The van der Waals surface area contributed by atoms with Gasteiger partial charge in [0.25, 0.3) is 0 Å². The Balaban J connectivity index is 1.46. The predicted molar refractivity (Wildman–Crippen MR) is 113 cm³/mol. The Morgan fingerprint density at radius 1 is 1.10 bits per heavy atom. The minimum Gasteiger partial charge on any atom is -0.481 e. The van der Waals surface area contributed by atoms with Crippen molar-refractivity contribution in [2.24, 2.45) is 23.7 Å². The second-order valence-corrected chi connectivity index (χ2v) is 8.89. The Morgan fingerprint density at radius 2 is 1.90 bits per heavy atom. The van der Waals surface area contributed by atoms with E-state index in [4.69, 9.17) is 4.98 Å². The van der Waals surface area contributed by atoms with E-state index in [-0.39, 0.29) is 17.8 Å². The van der Waals surface area contributed by atoms with Crippen LogP contribution in [0.5, 0.6) is 0 Å². The third-order valence-electron chi connectivity index (χ3n) is 7.34. The summed E-state index contributed by atoms with van der Waals surface area (Å²) in [6.07, 6.45) is 9.57. The van der Waals surface area contributed by atoms with Crippen molar-refractivity contribution in [3.8, 4) is 11.4 Å². The molecule has 2 unspecified atom stereocenters. The fourth-order valence-electron chi connectivity index (χ4n) is 5.92. The first-order chi connectivity index (χ1) is 15.1. The molecule has 0 aromatic carbocycles. The van der Waals surface area contributed by atoms with Crippen molar-refractivity contribution in [2.75, 3.05) is 0 Å². The highest BCUT2D eigenvalue weighted by Gasteiger charge is 2.47. The Morgan fingerprint density at radius 3 is 2.71 bits per heavy atom. The summed E-state index contributed by atoms with van der Waals surface area (Å²) < 4.78 is 13.8. The van der Waals surface area contributed by atoms with Gasteiger partial charge in [0, 0.05) is 28.7 Å². The number of aromatic amines is 2. The third kappa shape index (κ3) is 2.92. The second kappa shape index (κ2) is 6.87. The molecule has 3 saturated carbocycles. The molecule has 0 saturated heterocycles. The molecule has 0 aliphatic heterocycles. The number of carbonyl (C=O) groups is 1. The Kier molecular flexibility index (Phi) is 4.09. The number of aromatic nitrogens is 5. The molecule has 3 N–H and O–H groups in total. The summed E-state index contributed by atoms with van der Waals surface area (Å²) in [4.78, 5) is 31.9. The molecule has 4 aromatic rings. The number of H-pyrrole nitrogens is 2. The van der Waals surface area contributed by atoms with Crippen LogP contribution < -0.4 is 0 Å². The van der Waals surface area contributed by atoms with Crippen LogP contribution in [0.2, 0.25) is 0 Å². The summed E-state index contributed by atoms with van der Waals surface area (Å²) in [5, 5.41) is 11.5. The monoisotopic (exact) mass is 419 g/mol. The Bertz CT molecular complexity index is 1300. The lowest BCUT2D eigenvalue weighted by Gasteiger charge is -2.46. The molecule has 158 valence electrons. The van der Waals surface area contributed by atoms with Crippen LogP contribution in [0.25, 0.3) is 33.5 Å². The number of aliphatic carboxylic acids is 1. The van der Waals surface area contributed by atoms with Gasteiger partial charge in [0.2, 0.25) is 0 Å². The van der Waals surface area contributed by atoms with Crippen LogP contribution in [0.1, 0.15) is 31.4 Å². The molecule has 4 heterocycles. The molecule has 4 aromatic heterocycles. The van der Waals surface area contributed by atoms with Gasteiger partial charge >= 0.3 is 5.97 Å². The van der Waals surface area contributed by atoms with E-state index in [0.29, 0.717) is 40.4 Å². The summed E-state index contributed by atoms with van der Waals surface area (Å²) in [7, 11) is 0. The van der Waals surface area contributed by atoms with Crippen LogP contribution >= 0.6 is 0 Å². The van der Waals surface area contributed by atoms with Crippen molar-refractivity contribution >= 4 is 28.0 Å². The zero-order chi connectivity index (χ0) is 21.1. The quantitative estimate of drug-likeness (QED) is 0.457. The lowest BCUT2D eigenvalue weighted by molar-refractivity contribution is -0.152. The fourth-order valence-corrected chi connectivity index (χ4v) is 5.92. The number of hydrogen-bond donors (Lipinski definition) is 3. The second-order valence-electron chi connectivity index (χ2n) is 8.89. The number of nitrogens with one attached hydrogen (secondary N) is 2. The van der Waals surface area contributed by atoms with Crippen LogP contribution in [0.3, 0.4) is 0 Å². The van der Waals surface area contributed by atoms with Gasteiger partial charge < -0.3 is 15.1 Å². The van der Waals surface area contributed by atoms with Crippen LogP contribution in [0, 0.1) is 29.5 Å². The van der Waals surface area contributed by atoms with E-state index in [0.717, 1.165) is 36.8 Å². The number of rotatable bonds is 4. The molecule has 0 radical (unpaired) electrons. The highest BCUT2D eigenvalue weighted by molar-refractivity contribution is 5.92. The van der Waals surface area contributed by atoms with E-state index >= 15 is 0 Å². The van der Waals surface area contributed by atoms with Crippen LogP contribution in [-0.4, -0.2) is 36.0 Å². The molecule has 31 heavy (non-hydrogen) atoms. The van der Waals surface area contributed by atoms with Gasteiger partial charge in [-0.2, -0.15) is 0 Å². The van der Waals surface area contributed by atoms with Crippen molar-refractivity contribution in [3.05, 3.63) is 42.2 Å². The average Bonchev–Trinajstić information content (AvgIpc) is 3.41. The number of fused-ring (bicyclic) bond motifs is 5. The first-order valence-electron chi connectivity index (χ1n) is 10.8. The van der Waals surface area contributed by atoms with Gasteiger partial charge in [-0.1, -0.05) is 0 Å². The summed E-state index contributed by atoms with van der Waals surface area (Å²) in [6, 6.07) is 3.37. The molecule has 2 bridgehead atoms. The van der Waals surface area contributed by atoms with E-state index in [1.54, 1.807) is 6.20 Å². The molecule has 0 spiro atoms. The minimum atomic E-state index is -0.683. The molecule has 3 aliphatic rings. The number of hydrogen-bond acceptors (Lipinski definition) is 4. The van der Waals surface area contributed by atoms with Crippen molar-refractivity contribution < 1.29 is 14.3 Å². The Hall–Kier alpha value is -3.29. The third-order valence-corrected chi connectivity index (χ3v) is 7.34. The summed E-state index contributed by atoms with van der Waals surface area (Å²) >= 11 is 0. The van der Waals surface area contributed by atoms with Crippen LogP contribution in [0.15, 0.2) is 30.7 Å².